The van der Waals surface area contributed by atoms with E-state index in [4.69, 9.17) is 16.3 Å². The van der Waals surface area contributed by atoms with Crippen LogP contribution in [0.4, 0.5) is 0 Å². The fraction of sp³-hybridized carbons (Fsp3) is 0.533. The molecule has 2 saturated heterocycles. The van der Waals surface area contributed by atoms with Gasteiger partial charge in [-0.25, -0.2) is 0 Å². The summed E-state index contributed by atoms with van der Waals surface area (Å²) in [5.41, 5.74) is 1.25. The maximum absolute atomic E-state index is 9.38. The Hall–Kier alpha value is -1.12. The molecule has 0 saturated carbocycles. The lowest BCUT2D eigenvalue weighted by molar-refractivity contribution is 0.0138. The number of hydrogen-bond acceptors (Lipinski definition) is 4. The lowest BCUT2D eigenvalue weighted by Crippen LogP contribution is -2.50. The minimum Gasteiger partial charge on any atom is -0.379 e. The second-order valence-corrected chi connectivity index (χ2v) is 5.75. The molecule has 20 heavy (non-hydrogen) atoms. The van der Waals surface area contributed by atoms with Gasteiger partial charge in [0.25, 0.3) is 0 Å². The third-order valence-electron chi connectivity index (χ3n) is 4.22. The highest BCUT2D eigenvalue weighted by molar-refractivity contribution is 6.30. The van der Waals surface area contributed by atoms with Crippen molar-refractivity contribution in [2.45, 2.75) is 18.0 Å². The largest absolute Gasteiger partial charge is 0.379 e. The van der Waals surface area contributed by atoms with E-state index >= 15 is 0 Å². The Bertz CT molecular complexity index is 493. The molecule has 106 valence electrons. The predicted molar refractivity (Wildman–Crippen MR) is 77.8 cm³/mol. The number of halogens is 1. The van der Waals surface area contributed by atoms with Crippen molar-refractivity contribution in [1.82, 2.24) is 10.2 Å². The fourth-order valence-corrected chi connectivity index (χ4v) is 3.34. The van der Waals surface area contributed by atoms with E-state index in [2.05, 4.69) is 28.4 Å². The fourth-order valence-electron chi connectivity index (χ4n) is 3.22. The smallest absolute Gasteiger partial charge is 0.112 e. The van der Waals surface area contributed by atoms with Crippen LogP contribution in [-0.2, 0) is 4.74 Å². The van der Waals surface area contributed by atoms with Crippen molar-refractivity contribution in [3.05, 3.63) is 34.9 Å². The molecule has 0 radical (unpaired) electrons. The van der Waals surface area contributed by atoms with E-state index in [9.17, 15) is 5.26 Å². The number of nitriles is 1. The molecule has 2 heterocycles. The molecule has 2 fully saturated rings. The Morgan fingerprint density at radius 1 is 1.25 bits per heavy atom. The van der Waals surface area contributed by atoms with Crippen molar-refractivity contribution < 1.29 is 4.74 Å². The van der Waals surface area contributed by atoms with E-state index < -0.39 is 0 Å². The molecule has 0 bridgehead atoms. The molecule has 0 spiro atoms. The lowest BCUT2D eigenvalue weighted by atomic mass is 9.90. The molecule has 0 aromatic heterocycles. The second kappa shape index (κ2) is 6.11. The van der Waals surface area contributed by atoms with Crippen LogP contribution in [-0.4, -0.2) is 49.8 Å². The Kier molecular flexibility index (Phi) is 4.23. The van der Waals surface area contributed by atoms with Gasteiger partial charge in [-0.3, -0.25) is 10.2 Å². The Labute approximate surface area is 124 Å². The average molecular weight is 292 g/mol. The summed E-state index contributed by atoms with van der Waals surface area (Å²) in [6.07, 6.45) is 0. The summed E-state index contributed by atoms with van der Waals surface area (Å²) in [6.45, 7) is 4.13. The van der Waals surface area contributed by atoms with Crippen LogP contribution in [0.2, 0.25) is 5.02 Å². The lowest BCUT2D eigenvalue weighted by Gasteiger charge is -2.36. The van der Waals surface area contributed by atoms with Gasteiger partial charge in [-0.05, 0) is 17.7 Å². The summed E-state index contributed by atoms with van der Waals surface area (Å²) in [7, 11) is 0. The van der Waals surface area contributed by atoms with Crippen LogP contribution in [0.15, 0.2) is 24.3 Å². The number of hydrogen-bond donors (Lipinski definition) is 1. The van der Waals surface area contributed by atoms with Gasteiger partial charge in [0.2, 0.25) is 0 Å². The molecular weight excluding hydrogens is 274 g/mol. The van der Waals surface area contributed by atoms with Crippen LogP contribution in [0.1, 0.15) is 11.5 Å². The van der Waals surface area contributed by atoms with Gasteiger partial charge in [0.05, 0.1) is 19.3 Å². The van der Waals surface area contributed by atoms with Crippen molar-refractivity contribution >= 4 is 11.6 Å². The van der Waals surface area contributed by atoms with E-state index in [0.29, 0.717) is 5.92 Å². The molecule has 2 aliphatic heterocycles. The maximum atomic E-state index is 9.38. The first kappa shape index (κ1) is 13.8. The van der Waals surface area contributed by atoms with E-state index in [1.54, 1.807) is 0 Å². The molecule has 4 nitrogen and oxygen atoms in total. The maximum Gasteiger partial charge on any atom is 0.112 e. The van der Waals surface area contributed by atoms with Crippen molar-refractivity contribution in [2.24, 2.45) is 0 Å². The zero-order chi connectivity index (χ0) is 13.9. The molecule has 1 aromatic rings. The molecule has 3 rings (SSSR count). The standard InChI is InChI=1S/C15H18ClN3O/c16-12-3-1-11(2-4-12)13-10-18-14(9-17)15(13)19-5-7-20-8-6-19/h1-4,13-15,18H,5-8,10H2. The van der Waals surface area contributed by atoms with Gasteiger partial charge in [-0.2, -0.15) is 5.26 Å². The molecule has 3 unspecified atom stereocenters. The summed E-state index contributed by atoms with van der Waals surface area (Å²) >= 11 is 5.96. The SMILES string of the molecule is N#CC1NCC(c2ccc(Cl)cc2)C1N1CCOCC1. The quantitative estimate of drug-likeness (QED) is 0.899. The number of morpholine rings is 1. The van der Waals surface area contributed by atoms with Crippen LogP contribution in [0, 0.1) is 11.3 Å². The first-order chi connectivity index (χ1) is 9.79. The topological polar surface area (TPSA) is 48.3 Å². The predicted octanol–water partition coefficient (Wildman–Crippen LogP) is 1.62. The van der Waals surface area contributed by atoms with Crippen LogP contribution in [0.5, 0.6) is 0 Å². The van der Waals surface area contributed by atoms with Crippen molar-refractivity contribution in [3.63, 3.8) is 0 Å². The van der Waals surface area contributed by atoms with E-state index in [0.717, 1.165) is 37.9 Å². The Balaban J connectivity index is 1.85. The number of rotatable bonds is 2. The van der Waals surface area contributed by atoms with E-state index in [-0.39, 0.29) is 12.1 Å². The average Bonchev–Trinajstić information content (AvgIpc) is 2.93. The number of ether oxygens (including phenoxy) is 1. The van der Waals surface area contributed by atoms with Gasteiger partial charge in [-0.1, -0.05) is 23.7 Å². The number of benzene rings is 1. The molecular formula is C15H18ClN3O. The Morgan fingerprint density at radius 2 is 1.95 bits per heavy atom. The van der Waals surface area contributed by atoms with Gasteiger partial charge < -0.3 is 4.74 Å². The highest BCUT2D eigenvalue weighted by atomic mass is 35.5. The van der Waals surface area contributed by atoms with Crippen LogP contribution < -0.4 is 5.32 Å². The molecule has 3 atom stereocenters. The number of nitrogens with zero attached hydrogens (tertiary/aromatic N) is 2. The molecule has 1 aromatic carbocycles. The minimum atomic E-state index is -0.117. The summed E-state index contributed by atoms with van der Waals surface area (Å²) in [5, 5.41) is 13.5. The monoisotopic (exact) mass is 291 g/mol. The highest BCUT2D eigenvalue weighted by Gasteiger charge is 2.41. The zero-order valence-electron chi connectivity index (χ0n) is 11.3. The summed E-state index contributed by atoms with van der Waals surface area (Å²) in [4.78, 5) is 2.39. The van der Waals surface area contributed by atoms with Crippen molar-refractivity contribution in [2.75, 3.05) is 32.8 Å². The molecule has 0 amide bonds. The van der Waals surface area contributed by atoms with E-state index in [1.165, 1.54) is 5.56 Å². The Morgan fingerprint density at radius 3 is 2.60 bits per heavy atom. The minimum absolute atomic E-state index is 0.117. The molecule has 0 aliphatic carbocycles. The molecule has 1 N–H and O–H groups in total. The normalized spacial score (nSPS) is 31.1. The summed E-state index contributed by atoms with van der Waals surface area (Å²) in [6, 6.07) is 10.5. The summed E-state index contributed by atoms with van der Waals surface area (Å²) in [5.74, 6) is 0.329. The van der Waals surface area contributed by atoms with Crippen LogP contribution in [0.3, 0.4) is 0 Å². The van der Waals surface area contributed by atoms with Gasteiger partial charge in [-0.15, -0.1) is 0 Å². The highest BCUT2D eigenvalue weighted by Crippen LogP contribution is 2.31. The first-order valence-electron chi connectivity index (χ1n) is 7.00. The van der Waals surface area contributed by atoms with Crippen LogP contribution >= 0.6 is 11.6 Å². The van der Waals surface area contributed by atoms with E-state index in [1.807, 2.05) is 12.1 Å². The third-order valence-corrected chi connectivity index (χ3v) is 4.47. The van der Waals surface area contributed by atoms with Crippen molar-refractivity contribution in [1.29, 1.82) is 5.26 Å². The molecule has 2 aliphatic rings. The van der Waals surface area contributed by atoms with Crippen molar-refractivity contribution in [3.8, 4) is 6.07 Å². The summed E-state index contributed by atoms with van der Waals surface area (Å²) < 4.78 is 5.42. The van der Waals surface area contributed by atoms with Gasteiger partial charge in [0.15, 0.2) is 0 Å². The van der Waals surface area contributed by atoms with Gasteiger partial charge >= 0.3 is 0 Å². The second-order valence-electron chi connectivity index (χ2n) is 5.31. The number of nitrogens with one attached hydrogen (secondary N) is 1. The van der Waals surface area contributed by atoms with Crippen LogP contribution in [0.25, 0.3) is 0 Å². The molecule has 5 heteroatoms. The van der Waals surface area contributed by atoms with Gasteiger partial charge in [0, 0.05) is 36.6 Å². The first-order valence-corrected chi connectivity index (χ1v) is 7.37. The zero-order valence-corrected chi connectivity index (χ0v) is 12.0. The van der Waals surface area contributed by atoms with Gasteiger partial charge in [0.1, 0.15) is 6.04 Å². The third kappa shape index (κ3) is 2.68.